The van der Waals surface area contributed by atoms with Crippen LogP contribution in [-0.4, -0.2) is 17.6 Å². The molecule has 2 aromatic carbocycles. The Morgan fingerprint density at radius 2 is 1.90 bits per heavy atom. The number of allylic oxidation sites excluding steroid dienone is 1. The van der Waals surface area contributed by atoms with E-state index < -0.39 is 0 Å². The summed E-state index contributed by atoms with van der Waals surface area (Å²) in [4.78, 5) is 24.5. The van der Waals surface area contributed by atoms with Crippen LogP contribution in [0.3, 0.4) is 0 Å². The van der Waals surface area contributed by atoms with Crippen LogP contribution in [0.4, 0.5) is 5.69 Å². The van der Waals surface area contributed by atoms with Gasteiger partial charge in [0.05, 0.1) is 22.4 Å². The first-order valence-corrected chi connectivity index (χ1v) is 10.5. The van der Waals surface area contributed by atoms with Crippen molar-refractivity contribution in [2.75, 3.05) is 11.1 Å². The second-order valence-corrected chi connectivity index (χ2v) is 7.94. The highest BCUT2D eigenvalue weighted by Gasteiger charge is 2.29. The van der Waals surface area contributed by atoms with Gasteiger partial charge in [-0.15, -0.1) is 0 Å². The van der Waals surface area contributed by atoms with Crippen molar-refractivity contribution in [3.8, 4) is 6.07 Å². The lowest BCUT2D eigenvalue weighted by Crippen LogP contribution is -2.31. The van der Waals surface area contributed by atoms with Crippen LogP contribution in [0.2, 0.25) is 0 Å². The van der Waals surface area contributed by atoms with Gasteiger partial charge in [0.2, 0.25) is 11.8 Å². The predicted molar refractivity (Wildman–Crippen MR) is 116 cm³/mol. The SMILES string of the molecule is CCc1ccc([C@H]2CC(=O)NC(SCC(=O)Nc3ccc(C)cc3)=C2C#N)cc1. The van der Waals surface area contributed by atoms with E-state index in [0.29, 0.717) is 10.6 Å². The number of hydrogen-bond donors (Lipinski definition) is 2. The molecule has 2 N–H and O–H groups in total. The molecule has 1 aliphatic rings. The summed E-state index contributed by atoms with van der Waals surface area (Å²) in [5.41, 5.74) is 4.48. The smallest absolute Gasteiger partial charge is 0.234 e. The van der Waals surface area contributed by atoms with Gasteiger partial charge in [0.25, 0.3) is 0 Å². The fourth-order valence-corrected chi connectivity index (χ4v) is 4.05. The molecule has 2 aromatic rings. The monoisotopic (exact) mass is 405 g/mol. The molecule has 0 unspecified atom stereocenters. The van der Waals surface area contributed by atoms with Gasteiger partial charge in [-0.1, -0.05) is 60.6 Å². The third-order valence-corrected chi connectivity index (χ3v) is 5.85. The van der Waals surface area contributed by atoms with Crippen LogP contribution < -0.4 is 10.6 Å². The van der Waals surface area contributed by atoms with Gasteiger partial charge in [-0.3, -0.25) is 9.59 Å². The summed E-state index contributed by atoms with van der Waals surface area (Å²) in [7, 11) is 0. The number of benzene rings is 2. The van der Waals surface area contributed by atoms with E-state index in [9.17, 15) is 14.9 Å². The number of aryl methyl sites for hydroxylation is 2. The van der Waals surface area contributed by atoms with Crippen molar-refractivity contribution in [3.05, 3.63) is 75.8 Å². The van der Waals surface area contributed by atoms with Crippen LogP contribution in [0, 0.1) is 18.3 Å². The highest BCUT2D eigenvalue weighted by Crippen LogP contribution is 2.36. The second kappa shape index (κ2) is 9.44. The van der Waals surface area contributed by atoms with E-state index in [4.69, 9.17) is 0 Å². The first-order valence-electron chi connectivity index (χ1n) is 9.52. The number of carbonyl (C=O) groups excluding carboxylic acids is 2. The van der Waals surface area contributed by atoms with Gasteiger partial charge in [-0.25, -0.2) is 0 Å². The molecule has 0 aliphatic carbocycles. The Balaban J connectivity index is 1.73. The lowest BCUT2D eigenvalue weighted by atomic mass is 9.86. The quantitative estimate of drug-likeness (QED) is 0.752. The Morgan fingerprint density at radius 1 is 1.21 bits per heavy atom. The Morgan fingerprint density at radius 3 is 2.52 bits per heavy atom. The molecule has 5 nitrogen and oxygen atoms in total. The fraction of sp³-hybridized carbons (Fsp3) is 0.261. The molecule has 6 heteroatoms. The highest BCUT2D eigenvalue weighted by molar-refractivity contribution is 8.03. The number of rotatable bonds is 6. The summed E-state index contributed by atoms with van der Waals surface area (Å²) < 4.78 is 0. The Hall–Kier alpha value is -3.04. The minimum absolute atomic E-state index is 0.107. The van der Waals surface area contributed by atoms with Gasteiger partial charge in [0.1, 0.15) is 0 Å². The van der Waals surface area contributed by atoms with Crippen molar-refractivity contribution < 1.29 is 9.59 Å². The molecule has 0 spiro atoms. The Kier molecular flexibility index (Phi) is 6.73. The third-order valence-electron chi connectivity index (χ3n) is 4.83. The van der Waals surface area contributed by atoms with Crippen molar-refractivity contribution in [1.29, 1.82) is 5.26 Å². The van der Waals surface area contributed by atoms with Crippen molar-refractivity contribution >= 4 is 29.3 Å². The lowest BCUT2D eigenvalue weighted by Gasteiger charge is -2.25. The number of carbonyl (C=O) groups is 2. The molecule has 2 amide bonds. The number of nitrogens with one attached hydrogen (secondary N) is 2. The zero-order chi connectivity index (χ0) is 20.8. The van der Waals surface area contributed by atoms with Crippen molar-refractivity contribution in [3.63, 3.8) is 0 Å². The maximum atomic E-state index is 12.3. The van der Waals surface area contributed by atoms with E-state index in [0.717, 1.165) is 23.2 Å². The first-order chi connectivity index (χ1) is 14.0. The zero-order valence-electron chi connectivity index (χ0n) is 16.5. The fourth-order valence-electron chi connectivity index (χ4n) is 3.18. The second-order valence-electron chi connectivity index (χ2n) is 6.96. The summed E-state index contributed by atoms with van der Waals surface area (Å²) in [5.74, 6) is -0.513. The molecule has 0 fully saturated rings. The average Bonchev–Trinajstić information content (AvgIpc) is 2.73. The van der Waals surface area contributed by atoms with Crippen LogP contribution in [0.5, 0.6) is 0 Å². The molecule has 1 heterocycles. The van der Waals surface area contributed by atoms with Gasteiger partial charge in [0, 0.05) is 18.0 Å². The number of hydrogen-bond acceptors (Lipinski definition) is 4. The summed E-state index contributed by atoms with van der Waals surface area (Å²) >= 11 is 1.18. The topological polar surface area (TPSA) is 82.0 Å². The minimum Gasteiger partial charge on any atom is -0.325 e. The molecule has 0 saturated carbocycles. The molecular formula is C23H23N3O2S. The van der Waals surface area contributed by atoms with E-state index in [-0.39, 0.29) is 29.9 Å². The summed E-state index contributed by atoms with van der Waals surface area (Å²) in [5, 5.41) is 15.8. The molecule has 0 radical (unpaired) electrons. The van der Waals surface area contributed by atoms with Gasteiger partial charge in [0.15, 0.2) is 0 Å². The van der Waals surface area contributed by atoms with Crippen LogP contribution in [0.1, 0.15) is 36.0 Å². The number of nitrogens with zero attached hydrogens (tertiary/aromatic N) is 1. The number of thioether (sulfide) groups is 1. The molecule has 1 aliphatic heterocycles. The summed E-state index contributed by atoms with van der Waals surface area (Å²) in [6.45, 7) is 4.06. The van der Waals surface area contributed by atoms with Gasteiger partial charge < -0.3 is 10.6 Å². The standard InChI is InChI=1S/C23H23N3O2S/c1-3-16-6-8-17(9-7-16)19-12-21(27)26-23(20(19)13-24)29-14-22(28)25-18-10-4-15(2)5-11-18/h4-11,19H,3,12,14H2,1-2H3,(H,25,28)(H,26,27)/t19-/m1/s1. The zero-order valence-corrected chi connectivity index (χ0v) is 17.3. The Labute approximate surface area is 175 Å². The van der Waals surface area contributed by atoms with Gasteiger partial charge in [-0.2, -0.15) is 5.26 Å². The first kappa shape index (κ1) is 20.7. The molecule has 0 bridgehead atoms. The third kappa shape index (κ3) is 5.27. The van der Waals surface area contributed by atoms with E-state index in [1.54, 1.807) is 0 Å². The number of anilines is 1. The van der Waals surface area contributed by atoms with E-state index >= 15 is 0 Å². The molecule has 0 aromatic heterocycles. The predicted octanol–water partition coefficient (Wildman–Crippen LogP) is 4.27. The number of nitriles is 1. The van der Waals surface area contributed by atoms with Crippen LogP contribution in [0.15, 0.2) is 59.1 Å². The summed E-state index contributed by atoms with van der Waals surface area (Å²) in [6, 6.07) is 17.8. The maximum absolute atomic E-state index is 12.3. The largest absolute Gasteiger partial charge is 0.325 e. The average molecular weight is 406 g/mol. The number of amides is 2. The van der Waals surface area contributed by atoms with E-state index in [1.165, 1.54) is 17.3 Å². The van der Waals surface area contributed by atoms with Crippen molar-refractivity contribution in [1.82, 2.24) is 5.32 Å². The van der Waals surface area contributed by atoms with E-state index in [2.05, 4.69) is 23.6 Å². The van der Waals surface area contributed by atoms with Crippen molar-refractivity contribution in [2.24, 2.45) is 0 Å². The highest BCUT2D eigenvalue weighted by atomic mass is 32.2. The molecule has 29 heavy (non-hydrogen) atoms. The van der Waals surface area contributed by atoms with Crippen molar-refractivity contribution in [2.45, 2.75) is 32.6 Å². The normalized spacial score (nSPS) is 16.2. The molecule has 1 atom stereocenters. The van der Waals surface area contributed by atoms with E-state index in [1.807, 2.05) is 55.5 Å². The molecular weight excluding hydrogens is 382 g/mol. The molecule has 0 saturated heterocycles. The lowest BCUT2D eigenvalue weighted by molar-refractivity contribution is -0.121. The minimum atomic E-state index is -0.290. The molecule has 148 valence electrons. The van der Waals surface area contributed by atoms with Gasteiger partial charge >= 0.3 is 0 Å². The Bertz CT molecular complexity index is 973. The maximum Gasteiger partial charge on any atom is 0.234 e. The van der Waals surface area contributed by atoms with Crippen LogP contribution >= 0.6 is 11.8 Å². The summed E-state index contributed by atoms with van der Waals surface area (Å²) in [6.07, 6.45) is 1.16. The van der Waals surface area contributed by atoms with Gasteiger partial charge in [-0.05, 0) is 36.6 Å². The van der Waals surface area contributed by atoms with Crippen LogP contribution in [0.25, 0.3) is 0 Å². The molecule has 3 rings (SSSR count). The van der Waals surface area contributed by atoms with Crippen LogP contribution in [-0.2, 0) is 16.0 Å².